The highest BCUT2D eigenvalue weighted by Crippen LogP contribution is 2.46. The van der Waals surface area contributed by atoms with E-state index in [0.717, 1.165) is 88.4 Å². The van der Waals surface area contributed by atoms with Crippen LogP contribution in [-0.2, 0) is 17.6 Å². The zero-order valence-electron chi connectivity index (χ0n) is 20.0. The maximum atomic E-state index is 13.1. The van der Waals surface area contributed by atoms with Gasteiger partial charge >= 0.3 is 0 Å². The predicted octanol–water partition coefficient (Wildman–Crippen LogP) is 5.94. The molecule has 6 nitrogen and oxygen atoms in total. The van der Waals surface area contributed by atoms with Crippen LogP contribution < -0.4 is 0 Å². The number of para-hydroxylation sites is 1. The van der Waals surface area contributed by atoms with Gasteiger partial charge in [0.2, 0.25) is 0 Å². The second-order valence-electron chi connectivity index (χ2n) is 9.78. The van der Waals surface area contributed by atoms with Crippen LogP contribution in [0.2, 0.25) is 0 Å². The van der Waals surface area contributed by atoms with Crippen molar-refractivity contribution < 1.29 is 9.90 Å². The Balaban J connectivity index is 1.36. The van der Waals surface area contributed by atoms with Crippen molar-refractivity contribution in [1.82, 2.24) is 20.6 Å². The van der Waals surface area contributed by atoms with Crippen LogP contribution in [0.15, 0.2) is 54.6 Å². The number of Topliss-reactive ketones (excluding diaryl/α,β-unsaturated/α-hetero) is 1. The fourth-order valence-corrected chi connectivity index (χ4v) is 5.58. The second kappa shape index (κ2) is 11.9. The van der Waals surface area contributed by atoms with Crippen LogP contribution in [0.1, 0.15) is 87.1 Å². The van der Waals surface area contributed by atoms with Gasteiger partial charge in [0.1, 0.15) is 11.5 Å². The number of aromatic nitrogens is 4. The summed E-state index contributed by atoms with van der Waals surface area (Å²) in [5, 5.41) is 24.7. The molecule has 6 heteroatoms. The van der Waals surface area contributed by atoms with Crippen LogP contribution in [0.25, 0.3) is 0 Å². The van der Waals surface area contributed by atoms with Crippen LogP contribution in [0, 0.1) is 5.41 Å². The number of rotatable bonds is 13. The van der Waals surface area contributed by atoms with Gasteiger partial charge in [0.05, 0.1) is 0 Å². The molecule has 0 radical (unpaired) electrons. The van der Waals surface area contributed by atoms with Crippen LogP contribution in [0.3, 0.4) is 0 Å². The van der Waals surface area contributed by atoms with Gasteiger partial charge in [-0.15, -0.1) is 10.2 Å². The van der Waals surface area contributed by atoms with Gasteiger partial charge in [0, 0.05) is 18.3 Å². The summed E-state index contributed by atoms with van der Waals surface area (Å²) in [5.41, 5.74) is 2.07. The number of nitrogens with zero attached hydrogens (tertiary/aromatic N) is 3. The van der Waals surface area contributed by atoms with Crippen molar-refractivity contribution in [3.63, 3.8) is 0 Å². The molecule has 1 aromatic heterocycles. The van der Waals surface area contributed by atoms with Crippen LogP contribution in [-0.4, -0.2) is 31.5 Å². The fourth-order valence-electron chi connectivity index (χ4n) is 5.58. The van der Waals surface area contributed by atoms with E-state index < -0.39 is 0 Å². The predicted molar refractivity (Wildman–Crippen MR) is 132 cm³/mol. The maximum Gasteiger partial charge on any atom is 0.174 e. The summed E-state index contributed by atoms with van der Waals surface area (Å²) in [6, 6.07) is 18.2. The number of hydrogen-bond acceptors (Lipinski definition) is 5. The Morgan fingerprint density at radius 1 is 0.971 bits per heavy atom. The fraction of sp³-hybridized carbons (Fsp3) is 0.500. The Bertz CT molecular complexity index is 1020. The average molecular weight is 461 g/mol. The number of benzene rings is 2. The number of tetrazole rings is 1. The third kappa shape index (κ3) is 6.31. The highest BCUT2D eigenvalue weighted by Gasteiger charge is 2.41. The van der Waals surface area contributed by atoms with Crippen molar-refractivity contribution in [2.45, 2.75) is 83.0 Å². The molecule has 1 aliphatic rings. The first-order valence-electron chi connectivity index (χ1n) is 12.7. The molecule has 180 valence electrons. The molecule has 2 aromatic carbocycles. The Morgan fingerprint density at radius 3 is 2.50 bits per heavy atom. The number of aromatic hydroxyl groups is 1. The van der Waals surface area contributed by atoms with Crippen molar-refractivity contribution in [2.24, 2.45) is 5.41 Å². The molecule has 1 aliphatic carbocycles. The van der Waals surface area contributed by atoms with E-state index in [4.69, 9.17) is 0 Å². The normalized spacial score (nSPS) is 18.9. The first-order chi connectivity index (χ1) is 16.7. The number of H-pyrrole nitrogens is 1. The quantitative estimate of drug-likeness (QED) is 0.308. The first-order valence-corrected chi connectivity index (χ1v) is 12.7. The molecule has 34 heavy (non-hydrogen) atoms. The number of aromatic amines is 1. The zero-order valence-corrected chi connectivity index (χ0v) is 20.0. The molecule has 2 unspecified atom stereocenters. The number of phenolic OH excluding ortho intramolecular Hbond substituents is 1. The zero-order chi connectivity index (χ0) is 23.6. The Morgan fingerprint density at radius 2 is 1.76 bits per heavy atom. The number of carbonyl (C=O) groups is 1. The minimum Gasteiger partial charge on any atom is -0.508 e. The highest BCUT2D eigenvalue weighted by atomic mass is 16.3. The SMILES string of the molecule is O=C1CCCC1(CCCCCCc1nn[nH]n1)CCC(Cc1ccccc1)c1ccccc1O. The Labute approximate surface area is 202 Å². The summed E-state index contributed by atoms with van der Waals surface area (Å²) in [7, 11) is 0. The number of unbranched alkanes of at least 4 members (excludes halogenated alkanes) is 3. The van der Waals surface area contributed by atoms with E-state index >= 15 is 0 Å². The monoisotopic (exact) mass is 460 g/mol. The molecule has 0 spiro atoms. The summed E-state index contributed by atoms with van der Waals surface area (Å²) < 4.78 is 0. The summed E-state index contributed by atoms with van der Waals surface area (Å²) in [4.78, 5) is 13.1. The largest absolute Gasteiger partial charge is 0.508 e. The third-order valence-electron chi connectivity index (χ3n) is 7.52. The molecule has 0 amide bonds. The van der Waals surface area contributed by atoms with E-state index in [1.807, 2.05) is 24.3 Å². The third-order valence-corrected chi connectivity index (χ3v) is 7.52. The number of ketones is 1. The number of phenols is 1. The van der Waals surface area contributed by atoms with Gasteiger partial charge in [0.15, 0.2) is 5.82 Å². The van der Waals surface area contributed by atoms with Crippen molar-refractivity contribution in [3.05, 3.63) is 71.5 Å². The lowest BCUT2D eigenvalue weighted by Crippen LogP contribution is -2.26. The van der Waals surface area contributed by atoms with Gasteiger partial charge < -0.3 is 5.11 Å². The number of hydrogen-bond donors (Lipinski definition) is 2. The van der Waals surface area contributed by atoms with Crippen LogP contribution in [0.5, 0.6) is 5.75 Å². The van der Waals surface area contributed by atoms with Gasteiger partial charge in [-0.05, 0) is 68.1 Å². The molecular formula is C28H36N4O2. The van der Waals surface area contributed by atoms with Crippen molar-refractivity contribution in [2.75, 3.05) is 0 Å². The lowest BCUT2D eigenvalue weighted by molar-refractivity contribution is -0.126. The van der Waals surface area contributed by atoms with E-state index in [9.17, 15) is 9.90 Å². The second-order valence-corrected chi connectivity index (χ2v) is 9.78. The Kier molecular flexibility index (Phi) is 8.45. The Hall–Kier alpha value is -3.02. The van der Waals surface area contributed by atoms with E-state index in [0.29, 0.717) is 11.5 Å². The smallest absolute Gasteiger partial charge is 0.174 e. The van der Waals surface area contributed by atoms with Gasteiger partial charge in [-0.1, -0.05) is 73.0 Å². The molecule has 0 bridgehead atoms. The minimum atomic E-state index is -0.187. The molecular weight excluding hydrogens is 424 g/mol. The summed E-state index contributed by atoms with van der Waals surface area (Å²) in [6.45, 7) is 0. The number of carbonyl (C=O) groups excluding carboxylic acids is 1. The molecule has 0 aliphatic heterocycles. The summed E-state index contributed by atoms with van der Waals surface area (Å²) in [6.07, 6.45) is 11.6. The molecule has 2 N–H and O–H groups in total. The lowest BCUT2D eigenvalue weighted by atomic mass is 9.73. The van der Waals surface area contributed by atoms with Crippen molar-refractivity contribution >= 4 is 5.78 Å². The molecule has 2 atom stereocenters. The van der Waals surface area contributed by atoms with Gasteiger partial charge in [0.25, 0.3) is 0 Å². The first kappa shape index (κ1) is 24.1. The number of aryl methyl sites for hydroxylation is 1. The van der Waals surface area contributed by atoms with Gasteiger partial charge in [-0.3, -0.25) is 4.79 Å². The van der Waals surface area contributed by atoms with E-state index in [1.54, 1.807) is 6.07 Å². The highest BCUT2D eigenvalue weighted by molar-refractivity contribution is 5.86. The molecule has 4 rings (SSSR count). The average Bonchev–Trinajstić information content (AvgIpc) is 3.50. The van der Waals surface area contributed by atoms with Gasteiger partial charge in [-0.2, -0.15) is 5.21 Å². The minimum absolute atomic E-state index is 0.187. The molecule has 1 fully saturated rings. The standard InChI is InChI=1S/C28H36N4O2/c33-25-14-8-7-13-24(25)23(21-22-11-4-3-5-12-22)17-20-28(19-10-15-26(28)34)18-9-2-1-6-16-27-29-31-32-30-27/h3-5,7-8,11-14,23,33H,1-2,6,9-10,15-21H2,(H,29,30,31,32). The van der Waals surface area contributed by atoms with Crippen LogP contribution >= 0.6 is 0 Å². The van der Waals surface area contributed by atoms with E-state index in [-0.39, 0.29) is 11.3 Å². The molecule has 1 heterocycles. The van der Waals surface area contributed by atoms with Crippen LogP contribution in [0.4, 0.5) is 0 Å². The number of nitrogens with one attached hydrogen (secondary N) is 1. The van der Waals surface area contributed by atoms with Crippen molar-refractivity contribution in [1.29, 1.82) is 0 Å². The van der Waals surface area contributed by atoms with Gasteiger partial charge in [-0.25, -0.2) is 0 Å². The van der Waals surface area contributed by atoms with E-state index in [2.05, 4.69) is 44.9 Å². The molecule has 3 aromatic rings. The topological polar surface area (TPSA) is 91.8 Å². The van der Waals surface area contributed by atoms with E-state index in [1.165, 1.54) is 5.56 Å². The maximum absolute atomic E-state index is 13.1. The van der Waals surface area contributed by atoms with Crippen molar-refractivity contribution in [3.8, 4) is 5.75 Å². The summed E-state index contributed by atoms with van der Waals surface area (Å²) >= 11 is 0. The molecule has 1 saturated carbocycles. The molecule has 0 saturated heterocycles. The summed E-state index contributed by atoms with van der Waals surface area (Å²) in [5.74, 6) is 1.78. The lowest BCUT2D eigenvalue weighted by Gasteiger charge is -2.30.